The van der Waals surface area contributed by atoms with Crippen molar-refractivity contribution in [2.24, 2.45) is 17.3 Å². The van der Waals surface area contributed by atoms with E-state index in [1.807, 2.05) is 26.8 Å². The minimum absolute atomic E-state index is 0.0234. The Morgan fingerprint density at radius 2 is 1.79 bits per heavy atom. The lowest BCUT2D eigenvalue weighted by Crippen LogP contribution is -2.59. The summed E-state index contributed by atoms with van der Waals surface area (Å²) in [7, 11) is 0. The van der Waals surface area contributed by atoms with Gasteiger partial charge >= 0.3 is 12.1 Å². The first-order chi connectivity index (χ1) is 15.9. The number of halogens is 3. The predicted octanol–water partition coefficient (Wildman–Crippen LogP) is 6.97. The third-order valence-corrected chi connectivity index (χ3v) is 8.06. The average Bonchev–Trinajstić information content (AvgIpc) is 2.76. The Morgan fingerprint density at radius 3 is 2.38 bits per heavy atom. The predicted molar refractivity (Wildman–Crippen MR) is 126 cm³/mol. The molecule has 2 aromatic rings. The summed E-state index contributed by atoms with van der Waals surface area (Å²) in [6.45, 7) is 7.90. The van der Waals surface area contributed by atoms with Gasteiger partial charge in [-0.1, -0.05) is 39.0 Å². The van der Waals surface area contributed by atoms with Crippen molar-refractivity contribution in [1.82, 2.24) is 5.32 Å². The monoisotopic (exact) mass is 477 g/mol. The molecule has 186 valence electrons. The number of carbonyl (C=O) groups is 1. The van der Waals surface area contributed by atoms with E-state index in [2.05, 4.69) is 12.2 Å². The number of fused-ring (bicyclic) bond motifs is 1. The summed E-state index contributed by atoms with van der Waals surface area (Å²) in [6, 6.07) is 8.05. The van der Waals surface area contributed by atoms with E-state index in [0.29, 0.717) is 17.7 Å². The third-order valence-electron chi connectivity index (χ3n) is 8.06. The van der Waals surface area contributed by atoms with Crippen LogP contribution in [0.5, 0.6) is 5.75 Å². The van der Waals surface area contributed by atoms with Gasteiger partial charge in [-0.05, 0) is 78.8 Å². The number of rotatable bonds is 6. The van der Waals surface area contributed by atoms with Crippen molar-refractivity contribution in [3.63, 3.8) is 0 Å². The molecule has 4 rings (SSSR count). The molecule has 0 heterocycles. The Hall–Kier alpha value is -2.28. The lowest BCUT2D eigenvalue weighted by molar-refractivity contribution is -0.155. The number of alkyl halides is 3. The highest BCUT2D eigenvalue weighted by Gasteiger charge is 2.52. The van der Waals surface area contributed by atoms with Gasteiger partial charge in [-0.2, -0.15) is 13.2 Å². The molecular formula is C27H34F3NO3. The van der Waals surface area contributed by atoms with Gasteiger partial charge in [-0.15, -0.1) is 0 Å². The van der Waals surface area contributed by atoms with E-state index in [9.17, 15) is 23.1 Å². The van der Waals surface area contributed by atoms with Crippen molar-refractivity contribution >= 4 is 16.7 Å². The highest BCUT2D eigenvalue weighted by molar-refractivity contribution is 5.89. The Labute approximate surface area is 198 Å². The molecule has 4 nitrogen and oxygen atoms in total. The molecule has 2 aromatic carbocycles. The molecule has 2 aliphatic rings. The SMILES string of the molecule is CC1CCC(Oc2ccc3ccc(C(C)N[C@@H]4C[C@H](C(=O)O)C4(C)C)cc3c2C(F)(F)F)CC1. The van der Waals surface area contributed by atoms with Crippen molar-refractivity contribution in [3.05, 3.63) is 41.5 Å². The minimum atomic E-state index is -4.54. The number of hydrogen-bond acceptors (Lipinski definition) is 3. The molecule has 0 spiro atoms. The van der Waals surface area contributed by atoms with Crippen molar-refractivity contribution in [3.8, 4) is 5.75 Å². The maximum atomic E-state index is 14.3. The zero-order valence-corrected chi connectivity index (χ0v) is 20.2. The molecule has 7 heteroatoms. The number of benzene rings is 2. The molecule has 2 aliphatic carbocycles. The molecule has 1 unspecified atom stereocenters. The van der Waals surface area contributed by atoms with E-state index in [0.717, 1.165) is 31.2 Å². The second kappa shape index (κ2) is 9.06. The van der Waals surface area contributed by atoms with Crippen LogP contribution in [0, 0.1) is 17.3 Å². The van der Waals surface area contributed by atoms with Gasteiger partial charge in [0.2, 0.25) is 0 Å². The molecule has 0 aromatic heterocycles. The van der Waals surface area contributed by atoms with E-state index in [1.165, 1.54) is 6.07 Å². The molecule has 2 saturated carbocycles. The van der Waals surface area contributed by atoms with Crippen molar-refractivity contribution < 1.29 is 27.8 Å². The van der Waals surface area contributed by atoms with Crippen LogP contribution in [-0.4, -0.2) is 23.2 Å². The van der Waals surface area contributed by atoms with Crippen LogP contribution in [-0.2, 0) is 11.0 Å². The van der Waals surface area contributed by atoms with E-state index in [-0.39, 0.29) is 29.3 Å². The van der Waals surface area contributed by atoms with Crippen LogP contribution in [0.4, 0.5) is 13.2 Å². The number of ether oxygens (including phenoxy) is 1. The van der Waals surface area contributed by atoms with E-state index >= 15 is 0 Å². The summed E-state index contributed by atoms with van der Waals surface area (Å²) < 4.78 is 48.7. The Balaban J connectivity index is 1.62. The summed E-state index contributed by atoms with van der Waals surface area (Å²) in [5, 5.41) is 13.5. The number of nitrogens with one attached hydrogen (secondary N) is 1. The smallest absolute Gasteiger partial charge is 0.420 e. The maximum Gasteiger partial charge on any atom is 0.420 e. The fourth-order valence-electron chi connectivity index (χ4n) is 5.53. The fourth-order valence-corrected chi connectivity index (χ4v) is 5.53. The van der Waals surface area contributed by atoms with Gasteiger partial charge < -0.3 is 15.2 Å². The molecule has 0 radical (unpaired) electrons. The largest absolute Gasteiger partial charge is 0.490 e. The van der Waals surface area contributed by atoms with Crippen molar-refractivity contribution in [2.45, 2.75) is 84.2 Å². The Bertz CT molecular complexity index is 1060. The molecule has 0 saturated heterocycles. The second-order valence-corrected chi connectivity index (χ2v) is 10.8. The second-order valence-electron chi connectivity index (χ2n) is 10.8. The van der Waals surface area contributed by atoms with Gasteiger partial charge in [0, 0.05) is 12.1 Å². The summed E-state index contributed by atoms with van der Waals surface area (Å²) in [5.74, 6) is -0.743. The van der Waals surface area contributed by atoms with Crippen LogP contribution >= 0.6 is 0 Å². The van der Waals surface area contributed by atoms with Gasteiger partial charge in [0.25, 0.3) is 0 Å². The van der Waals surface area contributed by atoms with Crippen LogP contribution in [0.25, 0.3) is 10.8 Å². The molecule has 2 N–H and O–H groups in total. The van der Waals surface area contributed by atoms with Gasteiger partial charge in [0.15, 0.2) is 0 Å². The first kappa shape index (κ1) is 24.8. The van der Waals surface area contributed by atoms with E-state index in [4.69, 9.17) is 4.74 Å². The minimum Gasteiger partial charge on any atom is -0.490 e. The Kier molecular flexibility index (Phi) is 6.62. The number of hydrogen-bond donors (Lipinski definition) is 2. The van der Waals surface area contributed by atoms with Gasteiger partial charge in [-0.25, -0.2) is 0 Å². The maximum absolute atomic E-state index is 14.3. The summed E-state index contributed by atoms with van der Waals surface area (Å²) in [4.78, 5) is 11.4. The molecule has 3 atom stereocenters. The van der Waals surface area contributed by atoms with Gasteiger partial charge in [-0.3, -0.25) is 4.79 Å². The van der Waals surface area contributed by atoms with Crippen LogP contribution in [0.1, 0.15) is 77.0 Å². The fraction of sp³-hybridized carbons (Fsp3) is 0.593. The average molecular weight is 478 g/mol. The topological polar surface area (TPSA) is 58.6 Å². The number of carboxylic acid groups (broad SMARTS) is 1. The number of carboxylic acids is 1. The quantitative estimate of drug-likeness (QED) is 0.472. The lowest BCUT2D eigenvalue weighted by atomic mass is 9.58. The summed E-state index contributed by atoms with van der Waals surface area (Å²) in [6.07, 6.45) is -0.761. The first-order valence-corrected chi connectivity index (χ1v) is 12.2. The van der Waals surface area contributed by atoms with E-state index < -0.39 is 29.0 Å². The molecule has 34 heavy (non-hydrogen) atoms. The molecule has 0 amide bonds. The third kappa shape index (κ3) is 4.77. The highest BCUT2D eigenvalue weighted by atomic mass is 19.4. The van der Waals surface area contributed by atoms with Gasteiger partial charge in [0.1, 0.15) is 11.3 Å². The van der Waals surface area contributed by atoms with Crippen LogP contribution in [0.2, 0.25) is 0 Å². The van der Waals surface area contributed by atoms with E-state index in [1.54, 1.807) is 18.2 Å². The van der Waals surface area contributed by atoms with Crippen molar-refractivity contribution in [2.75, 3.05) is 0 Å². The zero-order chi connectivity index (χ0) is 24.8. The lowest BCUT2D eigenvalue weighted by Gasteiger charge is -2.51. The van der Waals surface area contributed by atoms with Crippen LogP contribution in [0.3, 0.4) is 0 Å². The highest BCUT2D eigenvalue weighted by Crippen LogP contribution is 2.47. The number of aliphatic carboxylic acids is 1. The normalized spacial score (nSPS) is 27.7. The summed E-state index contributed by atoms with van der Waals surface area (Å²) >= 11 is 0. The molecule has 0 bridgehead atoms. The van der Waals surface area contributed by atoms with Crippen molar-refractivity contribution in [1.29, 1.82) is 0 Å². The van der Waals surface area contributed by atoms with Crippen LogP contribution in [0.15, 0.2) is 30.3 Å². The first-order valence-electron chi connectivity index (χ1n) is 12.2. The molecule has 0 aliphatic heterocycles. The van der Waals surface area contributed by atoms with Crippen LogP contribution < -0.4 is 10.1 Å². The standard InChI is InChI=1S/C27H34F3NO3/c1-15-5-10-19(11-6-15)34-22-12-9-17-7-8-18(13-20(17)24(22)27(28,29)30)16(2)31-23-14-21(25(32)33)26(23,3)4/h7-9,12-13,15-16,19,21,23,31H,5-6,10-11,14H2,1-4H3,(H,32,33)/t15?,16?,19?,21-,23-/m1/s1. The summed E-state index contributed by atoms with van der Waals surface area (Å²) in [5.41, 5.74) is -0.407. The van der Waals surface area contributed by atoms with Gasteiger partial charge in [0.05, 0.1) is 12.0 Å². The molecule has 2 fully saturated rings. The Morgan fingerprint density at radius 1 is 1.15 bits per heavy atom. The zero-order valence-electron chi connectivity index (χ0n) is 20.2. The molecular weight excluding hydrogens is 443 g/mol.